The highest BCUT2D eigenvalue weighted by Gasteiger charge is 2.31. The molecule has 0 bridgehead atoms. The van der Waals surface area contributed by atoms with E-state index in [1.54, 1.807) is 0 Å². The van der Waals surface area contributed by atoms with Crippen molar-refractivity contribution in [3.05, 3.63) is 0 Å². The lowest BCUT2D eigenvalue weighted by molar-refractivity contribution is 0.110. The molecular formula is C25H50. The molecule has 0 aromatic carbocycles. The lowest BCUT2D eigenvalue weighted by atomic mass is 9.66. The predicted octanol–water partition coefficient (Wildman–Crippen LogP) is 8.89. The minimum absolute atomic E-state index is 0.901. The summed E-state index contributed by atoms with van der Waals surface area (Å²) in [6.07, 6.45) is 19.1. The van der Waals surface area contributed by atoms with E-state index in [4.69, 9.17) is 0 Å². The first kappa shape index (κ1) is 23.0. The molecule has 1 aliphatic carbocycles. The van der Waals surface area contributed by atoms with Crippen molar-refractivity contribution in [3.8, 4) is 0 Å². The fourth-order valence-electron chi connectivity index (χ4n) is 5.23. The third kappa shape index (κ3) is 8.49. The van der Waals surface area contributed by atoms with E-state index in [1.165, 1.54) is 83.5 Å². The van der Waals surface area contributed by atoms with E-state index >= 15 is 0 Å². The van der Waals surface area contributed by atoms with Crippen molar-refractivity contribution in [3.63, 3.8) is 0 Å². The molecule has 0 aliphatic heterocycles. The summed E-state index contributed by atoms with van der Waals surface area (Å²) in [6.45, 7) is 14.5. The minimum Gasteiger partial charge on any atom is -0.0654 e. The highest BCUT2D eigenvalue weighted by molar-refractivity contribution is 4.82. The topological polar surface area (TPSA) is 0 Å². The van der Waals surface area contributed by atoms with Crippen LogP contribution in [0.1, 0.15) is 125 Å². The van der Waals surface area contributed by atoms with Crippen LogP contribution >= 0.6 is 0 Å². The Bertz CT molecular complexity index is 305. The highest BCUT2D eigenvalue weighted by Crippen LogP contribution is 2.42. The van der Waals surface area contributed by atoms with E-state index in [0.29, 0.717) is 0 Å². The Labute approximate surface area is 160 Å². The smallest absolute Gasteiger partial charge is 0.0363 e. The summed E-state index contributed by atoms with van der Waals surface area (Å²) in [6, 6.07) is 0. The maximum Gasteiger partial charge on any atom is -0.0363 e. The summed E-state index contributed by atoms with van der Waals surface area (Å²) in [4.78, 5) is 0. The van der Waals surface area contributed by atoms with Crippen LogP contribution in [0.5, 0.6) is 0 Å². The van der Waals surface area contributed by atoms with Gasteiger partial charge in [0.2, 0.25) is 0 Å². The predicted molar refractivity (Wildman–Crippen MR) is 115 cm³/mol. The monoisotopic (exact) mass is 350 g/mol. The van der Waals surface area contributed by atoms with Gasteiger partial charge in [0.25, 0.3) is 0 Å². The number of rotatable bonds is 15. The van der Waals surface area contributed by atoms with Crippen molar-refractivity contribution in [1.82, 2.24) is 0 Å². The molecule has 1 rings (SSSR count). The van der Waals surface area contributed by atoms with Gasteiger partial charge in [-0.2, -0.15) is 0 Å². The molecule has 0 amide bonds. The van der Waals surface area contributed by atoms with Crippen LogP contribution in [0.4, 0.5) is 0 Å². The normalized spacial score (nSPS) is 24.1. The second kappa shape index (κ2) is 13.2. The Balaban J connectivity index is 2.03. The van der Waals surface area contributed by atoms with Gasteiger partial charge in [-0.1, -0.05) is 112 Å². The summed E-state index contributed by atoms with van der Waals surface area (Å²) in [5.74, 6) is 5.86. The zero-order valence-electron chi connectivity index (χ0n) is 18.7. The van der Waals surface area contributed by atoms with Gasteiger partial charge in [0.05, 0.1) is 0 Å². The molecular weight excluding hydrogens is 300 g/mol. The van der Waals surface area contributed by atoms with Crippen molar-refractivity contribution in [2.45, 2.75) is 125 Å². The molecule has 0 aromatic rings. The molecule has 0 N–H and O–H groups in total. The minimum atomic E-state index is 0.901. The van der Waals surface area contributed by atoms with E-state index in [9.17, 15) is 0 Å². The Morgan fingerprint density at radius 3 is 1.92 bits per heavy atom. The molecule has 5 atom stereocenters. The largest absolute Gasteiger partial charge is 0.0654 e. The third-order valence-electron chi connectivity index (χ3n) is 7.68. The summed E-state index contributed by atoms with van der Waals surface area (Å²) in [5.41, 5.74) is 0. The van der Waals surface area contributed by atoms with Gasteiger partial charge in [0.15, 0.2) is 0 Å². The molecule has 1 saturated carbocycles. The van der Waals surface area contributed by atoms with Gasteiger partial charge in [-0.05, 0) is 48.3 Å². The first-order valence-corrected chi connectivity index (χ1v) is 12.0. The van der Waals surface area contributed by atoms with E-state index < -0.39 is 0 Å². The zero-order valence-corrected chi connectivity index (χ0v) is 18.7. The molecule has 1 fully saturated rings. The van der Waals surface area contributed by atoms with Gasteiger partial charge in [-0.3, -0.25) is 0 Å². The zero-order chi connectivity index (χ0) is 18.7. The summed E-state index contributed by atoms with van der Waals surface area (Å²) in [5, 5.41) is 0. The fourth-order valence-corrected chi connectivity index (χ4v) is 5.23. The molecule has 150 valence electrons. The van der Waals surface area contributed by atoms with Gasteiger partial charge in [-0.15, -0.1) is 0 Å². The molecule has 0 aromatic heterocycles. The molecule has 0 nitrogen and oxygen atoms in total. The van der Waals surface area contributed by atoms with Crippen LogP contribution in [-0.2, 0) is 0 Å². The molecule has 0 spiro atoms. The quantitative estimate of drug-likeness (QED) is 0.259. The molecule has 0 heteroatoms. The Hall–Kier alpha value is 0. The maximum absolute atomic E-state index is 2.51. The summed E-state index contributed by atoms with van der Waals surface area (Å²) < 4.78 is 0. The SMILES string of the molecule is CCCC(CCCCCCCCC1CCC1C(C)C)C(C)C(C)CC. The van der Waals surface area contributed by atoms with Gasteiger partial charge >= 0.3 is 0 Å². The Morgan fingerprint density at radius 1 is 0.760 bits per heavy atom. The van der Waals surface area contributed by atoms with Crippen LogP contribution in [0.3, 0.4) is 0 Å². The van der Waals surface area contributed by atoms with Crippen molar-refractivity contribution >= 4 is 0 Å². The van der Waals surface area contributed by atoms with Crippen LogP contribution in [0.15, 0.2) is 0 Å². The van der Waals surface area contributed by atoms with Crippen LogP contribution < -0.4 is 0 Å². The Kier molecular flexibility index (Phi) is 12.2. The molecule has 25 heavy (non-hydrogen) atoms. The van der Waals surface area contributed by atoms with Gasteiger partial charge in [0, 0.05) is 0 Å². The van der Waals surface area contributed by atoms with E-state index in [0.717, 1.165) is 35.5 Å². The summed E-state index contributed by atoms with van der Waals surface area (Å²) >= 11 is 0. The average Bonchev–Trinajstić information content (AvgIpc) is 2.56. The lowest BCUT2D eigenvalue weighted by Crippen LogP contribution is -2.29. The molecule has 1 aliphatic rings. The van der Waals surface area contributed by atoms with E-state index in [-0.39, 0.29) is 0 Å². The Morgan fingerprint density at radius 2 is 1.40 bits per heavy atom. The molecule has 0 heterocycles. The lowest BCUT2D eigenvalue weighted by Gasteiger charge is -2.39. The van der Waals surface area contributed by atoms with Crippen molar-refractivity contribution < 1.29 is 0 Å². The third-order valence-corrected chi connectivity index (χ3v) is 7.68. The van der Waals surface area contributed by atoms with E-state index in [2.05, 4.69) is 41.5 Å². The van der Waals surface area contributed by atoms with Crippen molar-refractivity contribution in [2.75, 3.05) is 0 Å². The first-order chi connectivity index (χ1) is 12.0. The molecule has 0 saturated heterocycles. The first-order valence-electron chi connectivity index (χ1n) is 12.0. The number of unbranched alkanes of at least 4 members (excludes halogenated alkanes) is 5. The van der Waals surface area contributed by atoms with Crippen LogP contribution in [-0.4, -0.2) is 0 Å². The van der Waals surface area contributed by atoms with Gasteiger partial charge < -0.3 is 0 Å². The highest BCUT2D eigenvalue weighted by atomic mass is 14.4. The number of hydrogen-bond donors (Lipinski definition) is 0. The standard InChI is InChI=1S/C25H50/c1-7-15-23(22(6)21(5)8-2)16-13-11-9-10-12-14-17-24-18-19-25(24)20(3)4/h20-25H,7-19H2,1-6H3. The second-order valence-corrected chi connectivity index (χ2v) is 9.74. The van der Waals surface area contributed by atoms with Crippen LogP contribution in [0.25, 0.3) is 0 Å². The molecule has 0 radical (unpaired) electrons. The van der Waals surface area contributed by atoms with Gasteiger partial charge in [-0.25, -0.2) is 0 Å². The van der Waals surface area contributed by atoms with Crippen LogP contribution in [0.2, 0.25) is 0 Å². The number of hydrogen-bond acceptors (Lipinski definition) is 0. The van der Waals surface area contributed by atoms with Gasteiger partial charge in [0.1, 0.15) is 0 Å². The maximum atomic E-state index is 2.51. The molecule has 5 unspecified atom stereocenters. The van der Waals surface area contributed by atoms with Crippen LogP contribution in [0, 0.1) is 35.5 Å². The van der Waals surface area contributed by atoms with Crippen molar-refractivity contribution in [2.24, 2.45) is 35.5 Å². The summed E-state index contributed by atoms with van der Waals surface area (Å²) in [7, 11) is 0. The average molecular weight is 351 g/mol. The fraction of sp³-hybridized carbons (Fsp3) is 1.00. The second-order valence-electron chi connectivity index (χ2n) is 9.74. The van der Waals surface area contributed by atoms with Crippen molar-refractivity contribution in [1.29, 1.82) is 0 Å². The van der Waals surface area contributed by atoms with E-state index in [1.807, 2.05) is 0 Å².